The molecule has 1 aliphatic carbocycles. The van der Waals surface area contributed by atoms with Crippen molar-refractivity contribution in [2.45, 2.75) is 13.1 Å². The fraction of sp³-hybridized carbons (Fsp3) is 0.0645. The van der Waals surface area contributed by atoms with Gasteiger partial charge in [-0.2, -0.15) is 39.5 Å². The number of allylic oxidation sites excluding steroid dienone is 6. The fourth-order valence-electron chi connectivity index (χ4n) is 4.64. The predicted octanol–water partition coefficient (Wildman–Crippen LogP) is 8.12. The van der Waals surface area contributed by atoms with Gasteiger partial charge in [-0.3, -0.25) is 0 Å². The summed E-state index contributed by atoms with van der Waals surface area (Å²) in [5.41, 5.74) is -17.9. The summed E-state index contributed by atoms with van der Waals surface area (Å²) in [6.45, 7) is 0.596. The van der Waals surface area contributed by atoms with Crippen LogP contribution in [-0.4, -0.2) is 0 Å². The first-order chi connectivity index (χ1) is 22.0. The molecule has 0 amide bonds. The summed E-state index contributed by atoms with van der Waals surface area (Å²) in [5.74, 6) is -18.1. The molecule has 1 saturated carbocycles. The van der Waals surface area contributed by atoms with E-state index >= 15 is 17.6 Å². The summed E-state index contributed by atoms with van der Waals surface area (Å²) in [4.78, 5) is 0. The van der Waals surface area contributed by atoms with Gasteiger partial charge in [0.25, 0.3) is 0 Å². The van der Waals surface area contributed by atoms with Gasteiger partial charge in [-0.1, -0.05) is 6.07 Å². The number of hydrogen-bond acceptors (Lipinski definition) is 5. The van der Waals surface area contributed by atoms with Crippen molar-refractivity contribution in [3.8, 4) is 30.3 Å². The van der Waals surface area contributed by atoms with Gasteiger partial charge in [0, 0.05) is 27.8 Å². The molecule has 4 rings (SSSR count). The Labute approximate surface area is 255 Å². The number of hydrogen-bond donors (Lipinski definition) is 0. The van der Waals surface area contributed by atoms with Crippen LogP contribution in [0, 0.1) is 110 Å². The zero-order valence-corrected chi connectivity index (χ0v) is 22.6. The molecule has 0 bridgehead atoms. The van der Waals surface area contributed by atoms with Crippen LogP contribution >= 0.6 is 0 Å². The first kappa shape index (κ1) is 33.5. The maximum absolute atomic E-state index is 15.1. The molecule has 1 aliphatic rings. The minimum absolute atomic E-state index is 0.258. The number of nitrogens with zero attached hydrogens (tertiary/aromatic N) is 5. The first-order valence-corrected chi connectivity index (χ1v) is 12.2. The third-order valence-electron chi connectivity index (χ3n) is 6.85. The van der Waals surface area contributed by atoms with Crippen molar-refractivity contribution in [1.29, 1.82) is 26.3 Å². The maximum atomic E-state index is 15.1. The van der Waals surface area contributed by atoms with Crippen molar-refractivity contribution < 1.29 is 48.3 Å². The van der Waals surface area contributed by atoms with Crippen molar-refractivity contribution >= 4 is 16.7 Å². The minimum atomic E-state index is -5.34. The van der Waals surface area contributed by atoms with E-state index < -0.39 is 125 Å². The lowest BCUT2D eigenvalue weighted by Gasteiger charge is -2.12. The number of benzene rings is 3. The van der Waals surface area contributed by atoms with Crippen LogP contribution in [-0.2, 0) is 6.18 Å². The normalized spacial score (nSPS) is 15.5. The van der Waals surface area contributed by atoms with E-state index in [1.54, 1.807) is 0 Å². The Kier molecular flexibility index (Phi) is 8.41. The Morgan fingerprint density at radius 3 is 1.32 bits per heavy atom. The Morgan fingerprint density at radius 1 is 0.553 bits per heavy atom. The molecule has 0 saturated heterocycles. The lowest BCUT2D eigenvalue weighted by molar-refractivity contribution is -0.137. The van der Waals surface area contributed by atoms with Crippen molar-refractivity contribution in [3.05, 3.63) is 120 Å². The highest BCUT2D eigenvalue weighted by molar-refractivity contribution is 6.12. The van der Waals surface area contributed by atoms with Crippen LogP contribution in [0.15, 0.2) is 34.9 Å². The van der Waals surface area contributed by atoms with Crippen LogP contribution in [0.4, 0.5) is 48.3 Å². The average Bonchev–Trinajstić information content (AvgIpc) is 3.76. The second kappa shape index (κ2) is 11.8. The van der Waals surface area contributed by atoms with Crippen LogP contribution in [0.3, 0.4) is 0 Å². The van der Waals surface area contributed by atoms with Gasteiger partial charge in [-0.15, -0.1) is 0 Å². The zero-order chi connectivity index (χ0) is 35.3. The van der Waals surface area contributed by atoms with E-state index in [0.29, 0.717) is 13.0 Å². The number of halogens is 11. The van der Waals surface area contributed by atoms with Gasteiger partial charge in [-0.25, -0.2) is 35.1 Å². The lowest BCUT2D eigenvalue weighted by Crippen LogP contribution is -2.09. The third kappa shape index (κ3) is 5.10. The van der Waals surface area contributed by atoms with Crippen LogP contribution in [0.5, 0.6) is 0 Å². The van der Waals surface area contributed by atoms with Crippen molar-refractivity contribution in [1.82, 2.24) is 0 Å². The summed E-state index contributed by atoms with van der Waals surface area (Å²) in [6.07, 6.45) is -5.34. The highest BCUT2D eigenvalue weighted by atomic mass is 19.4. The van der Waals surface area contributed by atoms with Gasteiger partial charge in [0.1, 0.15) is 29.8 Å². The van der Waals surface area contributed by atoms with Crippen molar-refractivity contribution in [2.24, 2.45) is 0 Å². The predicted molar refractivity (Wildman–Crippen MR) is 136 cm³/mol. The molecule has 0 aromatic heterocycles. The smallest absolute Gasteiger partial charge is 0.203 e. The lowest BCUT2D eigenvalue weighted by atomic mass is 9.96. The van der Waals surface area contributed by atoms with E-state index in [2.05, 4.69) is 0 Å². The molecule has 1 fully saturated rings. The van der Waals surface area contributed by atoms with E-state index in [-0.39, 0.29) is 6.07 Å². The Morgan fingerprint density at radius 2 is 0.957 bits per heavy atom. The molecule has 0 atom stereocenters. The van der Waals surface area contributed by atoms with Crippen molar-refractivity contribution in [2.75, 3.05) is 0 Å². The van der Waals surface area contributed by atoms with Gasteiger partial charge in [0.05, 0.1) is 45.0 Å². The van der Waals surface area contributed by atoms with Gasteiger partial charge < -0.3 is 0 Å². The Balaban J connectivity index is 2.34. The largest absolute Gasteiger partial charge is 0.417 e. The van der Waals surface area contributed by atoms with E-state index in [9.17, 15) is 46.5 Å². The van der Waals surface area contributed by atoms with Gasteiger partial charge in [0.2, 0.25) is 0 Å². The molecule has 0 aliphatic heterocycles. The number of alkyl halides is 3. The summed E-state index contributed by atoms with van der Waals surface area (Å²) in [5, 5.41) is 47.7. The molecule has 3 aromatic carbocycles. The first-order valence-electron chi connectivity index (χ1n) is 12.2. The van der Waals surface area contributed by atoms with E-state index in [1.807, 2.05) is 0 Å². The van der Waals surface area contributed by atoms with Crippen LogP contribution in [0.1, 0.15) is 38.9 Å². The van der Waals surface area contributed by atoms with E-state index in [0.717, 1.165) is 24.3 Å². The average molecular weight is 657 g/mol. The molecule has 47 heavy (non-hydrogen) atoms. The quantitative estimate of drug-likeness (QED) is 0.160. The van der Waals surface area contributed by atoms with Gasteiger partial charge >= 0.3 is 6.18 Å². The standard InChI is InChI=1S/C31H6F11N5/c1-10-23(32)27(36)21(28(37)24(10)33)14(7-45)19-18(13(6-44)12-3-2-11(5-43)4-17(12)31(40,41)42)20(19)15(8-46)22-29(38)25(34)16(9-47)26(35)30(22)39/h2-4H,1H3. The zero-order valence-electron chi connectivity index (χ0n) is 22.6. The highest BCUT2D eigenvalue weighted by Gasteiger charge is 2.46. The van der Waals surface area contributed by atoms with Crippen LogP contribution < -0.4 is 0 Å². The molecular weight excluding hydrogens is 651 g/mol. The molecule has 0 N–H and O–H groups in total. The molecule has 16 heteroatoms. The molecule has 0 heterocycles. The molecule has 0 spiro atoms. The molecule has 5 nitrogen and oxygen atoms in total. The SMILES string of the molecule is Cc1c(F)c(F)c(C(C#N)=C2C(=C(C#N)c3ccc(C#N)cc3C(F)(F)F)C2=C(C#N)c2c(F)c(F)c(C#N)c(F)c2F)c(F)c1F. The third-order valence-corrected chi connectivity index (χ3v) is 6.85. The van der Waals surface area contributed by atoms with Gasteiger partial charge in [-0.05, 0) is 19.1 Å². The molecule has 232 valence electrons. The van der Waals surface area contributed by atoms with Crippen molar-refractivity contribution in [3.63, 3.8) is 0 Å². The second-order valence-electron chi connectivity index (χ2n) is 9.33. The second-order valence-corrected chi connectivity index (χ2v) is 9.33. The summed E-state index contributed by atoms with van der Waals surface area (Å²) < 4.78 is 161. The molecule has 0 radical (unpaired) electrons. The number of nitriles is 5. The summed E-state index contributed by atoms with van der Waals surface area (Å²) in [6, 6.07) is 7.31. The summed E-state index contributed by atoms with van der Waals surface area (Å²) in [7, 11) is 0. The van der Waals surface area contributed by atoms with Gasteiger partial charge in [0.15, 0.2) is 46.5 Å². The maximum Gasteiger partial charge on any atom is 0.417 e. The Bertz CT molecular complexity index is 2220. The number of rotatable bonds is 3. The highest BCUT2D eigenvalue weighted by Crippen LogP contribution is 2.57. The summed E-state index contributed by atoms with van der Waals surface area (Å²) >= 11 is 0. The minimum Gasteiger partial charge on any atom is -0.203 e. The molecule has 3 aromatic rings. The molecule has 0 unspecified atom stereocenters. The fourth-order valence-corrected chi connectivity index (χ4v) is 4.64. The Hall–Kier alpha value is -6.44. The van der Waals surface area contributed by atoms with Crippen LogP contribution in [0.2, 0.25) is 0 Å². The van der Waals surface area contributed by atoms with E-state index in [1.165, 1.54) is 12.1 Å². The topological polar surface area (TPSA) is 119 Å². The van der Waals surface area contributed by atoms with Crippen LogP contribution in [0.25, 0.3) is 16.7 Å². The monoisotopic (exact) mass is 657 g/mol. The van der Waals surface area contributed by atoms with E-state index in [4.69, 9.17) is 10.5 Å². The molecular formula is C31H6F11N5.